The normalized spacial score (nSPS) is 14.8. The number of rotatable bonds is 6. The lowest BCUT2D eigenvalue weighted by Crippen LogP contribution is -2.12. The largest absolute Gasteiger partial charge is 0.485 e. The Hall–Kier alpha value is -2.95. The van der Waals surface area contributed by atoms with E-state index in [0.29, 0.717) is 23.1 Å². The summed E-state index contributed by atoms with van der Waals surface area (Å²) in [6.07, 6.45) is 7.78. The summed E-state index contributed by atoms with van der Waals surface area (Å²) in [6.45, 7) is 0.0165. The molecule has 27 heavy (non-hydrogen) atoms. The van der Waals surface area contributed by atoms with E-state index >= 15 is 0 Å². The van der Waals surface area contributed by atoms with E-state index in [1.165, 1.54) is 44.1 Å². The van der Waals surface area contributed by atoms with Gasteiger partial charge in [0.15, 0.2) is 12.4 Å². The second kappa shape index (κ2) is 8.16. The molecule has 5 nitrogen and oxygen atoms in total. The van der Waals surface area contributed by atoms with Crippen molar-refractivity contribution < 1.29 is 13.9 Å². The Morgan fingerprint density at radius 2 is 1.74 bits per heavy atom. The zero-order valence-electron chi connectivity index (χ0n) is 15.1. The summed E-state index contributed by atoms with van der Waals surface area (Å²) in [6, 6.07) is 15.3. The third kappa shape index (κ3) is 4.25. The zero-order chi connectivity index (χ0) is 18.5. The lowest BCUT2D eigenvalue weighted by Gasteiger charge is -2.22. The molecule has 1 aliphatic carbocycles. The van der Waals surface area contributed by atoms with Crippen molar-refractivity contribution >= 4 is 5.78 Å². The molecule has 1 aliphatic rings. The summed E-state index contributed by atoms with van der Waals surface area (Å²) >= 11 is 0. The Bertz CT molecular complexity index is 865. The van der Waals surface area contributed by atoms with Crippen LogP contribution in [0.5, 0.6) is 5.75 Å². The van der Waals surface area contributed by atoms with Gasteiger partial charge in [-0.15, -0.1) is 10.2 Å². The average Bonchev–Trinajstić information content (AvgIpc) is 3.28. The van der Waals surface area contributed by atoms with Crippen LogP contribution in [0.4, 0.5) is 0 Å². The molecule has 0 aliphatic heterocycles. The average molecular weight is 362 g/mol. The van der Waals surface area contributed by atoms with Crippen LogP contribution in [-0.2, 0) is 0 Å². The van der Waals surface area contributed by atoms with E-state index in [-0.39, 0.29) is 12.4 Å². The number of aromatic nitrogens is 2. The number of benzene rings is 2. The molecule has 0 amide bonds. The van der Waals surface area contributed by atoms with Crippen molar-refractivity contribution in [2.45, 2.75) is 38.0 Å². The molecule has 0 unspecified atom stereocenters. The van der Waals surface area contributed by atoms with Crippen LogP contribution in [0, 0.1) is 0 Å². The molecule has 1 saturated carbocycles. The Morgan fingerprint density at radius 3 is 2.41 bits per heavy atom. The van der Waals surface area contributed by atoms with Crippen molar-refractivity contribution in [2.24, 2.45) is 0 Å². The van der Waals surface area contributed by atoms with E-state index in [1.54, 1.807) is 12.1 Å². The van der Waals surface area contributed by atoms with Crippen LogP contribution in [0.1, 0.15) is 53.9 Å². The minimum atomic E-state index is -0.0221. The monoisotopic (exact) mass is 362 g/mol. The van der Waals surface area contributed by atoms with Gasteiger partial charge < -0.3 is 9.15 Å². The Kier molecular flexibility index (Phi) is 5.28. The maximum absolute atomic E-state index is 12.4. The molecule has 1 fully saturated rings. The first-order valence-corrected chi connectivity index (χ1v) is 9.42. The number of carbonyl (C=O) groups is 1. The first-order chi connectivity index (χ1) is 13.3. The van der Waals surface area contributed by atoms with Gasteiger partial charge in [-0.05, 0) is 48.6 Å². The van der Waals surface area contributed by atoms with Gasteiger partial charge in [0.2, 0.25) is 12.3 Å². The topological polar surface area (TPSA) is 65.2 Å². The Morgan fingerprint density at radius 1 is 1.00 bits per heavy atom. The van der Waals surface area contributed by atoms with Crippen LogP contribution >= 0.6 is 0 Å². The van der Waals surface area contributed by atoms with Gasteiger partial charge in [0.25, 0.3) is 0 Å². The van der Waals surface area contributed by atoms with Crippen molar-refractivity contribution in [2.75, 3.05) is 6.61 Å². The summed E-state index contributed by atoms with van der Waals surface area (Å²) < 4.78 is 10.8. The molecule has 0 spiro atoms. The minimum Gasteiger partial charge on any atom is -0.485 e. The number of nitrogens with zero attached hydrogens (tertiary/aromatic N) is 2. The molecule has 0 atom stereocenters. The quantitative estimate of drug-likeness (QED) is 0.574. The molecule has 5 heteroatoms. The number of ketones is 1. The number of carbonyl (C=O) groups excluding carboxylic acids is 1. The predicted molar refractivity (Wildman–Crippen MR) is 102 cm³/mol. The molecule has 0 N–H and O–H groups in total. The fourth-order valence-electron chi connectivity index (χ4n) is 3.60. The molecule has 4 rings (SSSR count). The van der Waals surface area contributed by atoms with Gasteiger partial charge in [-0.25, -0.2) is 0 Å². The Labute approximate surface area is 158 Å². The molecule has 1 heterocycles. The lowest BCUT2D eigenvalue weighted by molar-refractivity contribution is 0.0921. The van der Waals surface area contributed by atoms with Gasteiger partial charge >= 0.3 is 0 Å². The van der Waals surface area contributed by atoms with Gasteiger partial charge in [-0.1, -0.05) is 43.5 Å². The highest BCUT2D eigenvalue weighted by Crippen LogP contribution is 2.32. The molecule has 0 bridgehead atoms. The third-order valence-corrected chi connectivity index (χ3v) is 5.14. The molecular formula is C22H22N2O3. The van der Waals surface area contributed by atoms with E-state index in [4.69, 9.17) is 9.15 Å². The van der Waals surface area contributed by atoms with E-state index < -0.39 is 0 Å². The smallest absolute Gasteiger partial charge is 0.247 e. The molecule has 0 radical (unpaired) electrons. The van der Waals surface area contributed by atoms with E-state index in [1.807, 2.05) is 24.3 Å². The van der Waals surface area contributed by atoms with E-state index in [2.05, 4.69) is 22.3 Å². The van der Waals surface area contributed by atoms with Crippen LogP contribution in [0.25, 0.3) is 11.5 Å². The summed E-state index contributed by atoms with van der Waals surface area (Å²) in [5, 5.41) is 7.52. The van der Waals surface area contributed by atoms with E-state index in [9.17, 15) is 4.79 Å². The van der Waals surface area contributed by atoms with Gasteiger partial charge in [0.05, 0.1) is 0 Å². The molecule has 2 aromatic carbocycles. The van der Waals surface area contributed by atoms with Crippen molar-refractivity contribution in [3.05, 3.63) is 66.1 Å². The SMILES string of the molecule is O=C(COc1ccc(-c2nnco2)cc1)c1ccc(C2CCCCC2)cc1. The number of hydrogen-bond donors (Lipinski definition) is 0. The fourth-order valence-corrected chi connectivity index (χ4v) is 3.60. The second-order valence-electron chi connectivity index (χ2n) is 6.94. The zero-order valence-corrected chi connectivity index (χ0v) is 15.1. The highest BCUT2D eigenvalue weighted by atomic mass is 16.5. The number of hydrogen-bond acceptors (Lipinski definition) is 5. The van der Waals surface area contributed by atoms with Crippen molar-refractivity contribution in [3.63, 3.8) is 0 Å². The molecule has 3 aromatic rings. The van der Waals surface area contributed by atoms with E-state index in [0.717, 1.165) is 5.56 Å². The first-order valence-electron chi connectivity index (χ1n) is 9.42. The van der Waals surface area contributed by atoms with Crippen LogP contribution < -0.4 is 4.74 Å². The molecular weight excluding hydrogens is 340 g/mol. The fraction of sp³-hybridized carbons (Fsp3) is 0.318. The summed E-state index contributed by atoms with van der Waals surface area (Å²) in [4.78, 5) is 12.4. The van der Waals surface area contributed by atoms with Crippen molar-refractivity contribution in [3.8, 4) is 17.2 Å². The van der Waals surface area contributed by atoms with Crippen LogP contribution in [-0.4, -0.2) is 22.6 Å². The van der Waals surface area contributed by atoms with Crippen molar-refractivity contribution in [1.82, 2.24) is 10.2 Å². The van der Waals surface area contributed by atoms with Crippen molar-refractivity contribution in [1.29, 1.82) is 0 Å². The highest BCUT2D eigenvalue weighted by Gasteiger charge is 2.16. The van der Waals surface area contributed by atoms with Crippen LogP contribution in [0.15, 0.2) is 59.3 Å². The summed E-state index contributed by atoms with van der Waals surface area (Å²) in [5.74, 6) is 1.71. The maximum Gasteiger partial charge on any atom is 0.247 e. The molecule has 1 aromatic heterocycles. The van der Waals surface area contributed by atoms with Crippen LogP contribution in [0.2, 0.25) is 0 Å². The predicted octanol–water partition coefficient (Wildman–Crippen LogP) is 5.05. The third-order valence-electron chi connectivity index (χ3n) is 5.14. The lowest BCUT2D eigenvalue weighted by atomic mass is 9.84. The Balaban J connectivity index is 1.33. The summed E-state index contributed by atoms with van der Waals surface area (Å²) in [5.41, 5.74) is 2.85. The first kappa shape index (κ1) is 17.5. The number of ether oxygens (including phenoxy) is 1. The maximum atomic E-state index is 12.4. The van der Waals surface area contributed by atoms with Gasteiger partial charge in [0, 0.05) is 11.1 Å². The van der Waals surface area contributed by atoms with Gasteiger partial charge in [-0.2, -0.15) is 0 Å². The molecule has 138 valence electrons. The number of Topliss-reactive ketones (excluding diaryl/α,β-unsaturated/α-hetero) is 1. The van der Waals surface area contributed by atoms with Gasteiger partial charge in [-0.3, -0.25) is 4.79 Å². The minimum absolute atomic E-state index is 0.0165. The standard InChI is InChI=1S/C22H22N2O3/c25-21(18-8-6-17(7-9-18)16-4-2-1-3-5-16)14-26-20-12-10-19(11-13-20)22-24-23-15-27-22/h6-13,15-16H,1-5,14H2. The second-order valence-corrected chi connectivity index (χ2v) is 6.94. The highest BCUT2D eigenvalue weighted by molar-refractivity contribution is 5.97. The van der Waals surface area contributed by atoms with Crippen LogP contribution in [0.3, 0.4) is 0 Å². The molecule has 0 saturated heterocycles. The summed E-state index contributed by atoms with van der Waals surface area (Å²) in [7, 11) is 0. The van der Waals surface area contributed by atoms with Gasteiger partial charge in [0.1, 0.15) is 5.75 Å².